The molecular weight excluding hydrogens is 432 g/mol. The number of fused-ring (bicyclic) bond motifs is 3. The number of aliphatic hydroxyl groups excluding tert-OH is 2. The summed E-state index contributed by atoms with van der Waals surface area (Å²) >= 11 is 0. The number of carbonyl (C=O) groups excluding carboxylic acids is 3. The molecule has 1 fully saturated rings. The van der Waals surface area contributed by atoms with E-state index in [2.05, 4.69) is 0 Å². The normalized spacial score (nSPS) is 29.1. The highest BCUT2D eigenvalue weighted by molar-refractivity contribution is 6.24. The lowest BCUT2D eigenvalue weighted by atomic mass is 9.57. The van der Waals surface area contributed by atoms with Crippen LogP contribution in [0.25, 0.3) is 5.76 Å². The Morgan fingerprint density at radius 3 is 2.48 bits per heavy atom. The maximum absolute atomic E-state index is 13.7. The Hall–Kier alpha value is -3.37. The number of ketones is 2. The van der Waals surface area contributed by atoms with Crippen LogP contribution in [0.3, 0.4) is 0 Å². The average Bonchev–Trinajstić information content (AvgIpc) is 2.72. The minimum atomic E-state index is -2.64. The van der Waals surface area contributed by atoms with Gasteiger partial charge in [-0.25, -0.2) is 0 Å². The number of nitrogens with two attached hydrogens (primary N) is 1. The third-order valence-electron chi connectivity index (χ3n) is 6.86. The fourth-order valence-electron chi connectivity index (χ4n) is 5.51. The van der Waals surface area contributed by atoms with Gasteiger partial charge in [-0.2, -0.15) is 0 Å². The van der Waals surface area contributed by atoms with E-state index in [-0.39, 0.29) is 29.7 Å². The average molecular weight is 458 g/mol. The maximum Gasteiger partial charge on any atom is 0.255 e. The molecule has 10 nitrogen and oxygen atoms in total. The van der Waals surface area contributed by atoms with E-state index in [9.17, 15) is 34.8 Å². The molecule has 1 aromatic rings. The van der Waals surface area contributed by atoms with Crippen molar-refractivity contribution in [2.24, 2.45) is 17.6 Å². The van der Waals surface area contributed by atoms with Crippen molar-refractivity contribution in [3.05, 3.63) is 40.2 Å². The summed E-state index contributed by atoms with van der Waals surface area (Å²) in [6.45, 7) is 2.13. The number of Topliss-reactive ketones (excluding diaryl/α,β-unsaturated/α-hetero) is 2. The Balaban J connectivity index is 1.97. The van der Waals surface area contributed by atoms with Gasteiger partial charge in [-0.15, -0.1) is 0 Å². The monoisotopic (exact) mass is 458 g/mol. The highest BCUT2D eigenvalue weighted by Gasteiger charge is 2.64. The van der Waals surface area contributed by atoms with Crippen molar-refractivity contribution in [2.75, 3.05) is 20.7 Å². The van der Waals surface area contributed by atoms with Crippen LogP contribution in [0, 0.1) is 11.8 Å². The van der Waals surface area contributed by atoms with E-state index in [1.54, 1.807) is 27.1 Å². The van der Waals surface area contributed by atoms with Crippen LogP contribution in [-0.4, -0.2) is 75.1 Å². The van der Waals surface area contributed by atoms with Gasteiger partial charge in [-0.3, -0.25) is 19.3 Å². The van der Waals surface area contributed by atoms with Crippen molar-refractivity contribution in [1.82, 2.24) is 4.90 Å². The Morgan fingerprint density at radius 2 is 1.91 bits per heavy atom. The standard InChI is InChI=1S/C23H26N2O8/c1-4-33-13-6-5-12(26)15-10(13)7-9-8-11-17(25(2)3)19(28)16(22(24)31)21(30)23(11,32)20(29)14(9)18(15)27/h5-6,9,11,17,26-27,30,32H,4,7-8H2,1-3H3,(H2,24,31). The molecule has 3 aliphatic carbocycles. The first-order valence-corrected chi connectivity index (χ1v) is 10.6. The van der Waals surface area contributed by atoms with E-state index in [1.165, 1.54) is 11.0 Å². The lowest BCUT2D eigenvalue weighted by Gasteiger charge is -2.50. The van der Waals surface area contributed by atoms with Crippen LogP contribution < -0.4 is 10.5 Å². The van der Waals surface area contributed by atoms with Gasteiger partial charge in [-0.1, -0.05) is 0 Å². The highest BCUT2D eigenvalue weighted by atomic mass is 16.5. The molecule has 0 aliphatic heterocycles. The van der Waals surface area contributed by atoms with Gasteiger partial charge in [0.05, 0.1) is 18.2 Å². The number of hydrogen-bond donors (Lipinski definition) is 5. The maximum atomic E-state index is 13.7. The van der Waals surface area contributed by atoms with E-state index in [0.717, 1.165) is 0 Å². The predicted octanol–water partition coefficient (Wildman–Crippen LogP) is 0.363. The van der Waals surface area contributed by atoms with E-state index in [1.807, 2.05) is 0 Å². The lowest BCUT2D eigenvalue weighted by molar-refractivity contribution is -0.153. The van der Waals surface area contributed by atoms with Gasteiger partial charge in [0.2, 0.25) is 5.78 Å². The third-order valence-corrected chi connectivity index (χ3v) is 6.86. The van der Waals surface area contributed by atoms with Gasteiger partial charge in [0.15, 0.2) is 11.4 Å². The Labute approximate surface area is 189 Å². The molecule has 10 heteroatoms. The van der Waals surface area contributed by atoms with Gasteiger partial charge < -0.3 is 30.9 Å². The van der Waals surface area contributed by atoms with Gasteiger partial charge >= 0.3 is 0 Å². The fourth-order valence-corrected chi connectivity index (χ4v) is 5.51. The summed E-state index contributed by atoms with van der Waals surface area (Å²) in [5, 5.41) is 43.8. The molecular formula is C23H26N2O8. The molecule has 0 spiro atoms. The number of primary amides is 1. The molecule has 0 radical (unpaired) electrons. The molecule has 1 aromatic carbocycles. The van der Waals surface area contributed by atoms with Crippen LogP contribution in [0.2, 0.25) is 0 Å². The summed E-state index contributed by atoms with van der Waals surface area (Å²) in [7, 11) is 3.11. The molecule has 4 atom stereocenters. The summed E-state index contributed by atoms with van der Waals surface area (Å²) in [5.74, 6) is -6.31. The second-order valence-electron chi connectivity index (χ2n) is 8.83. The number of hydrogen-bond acceptors (Lipinski definition) is 9. The number of phenols is 1. The number of benzene rings is 1. The predicted molar refractivity (Wildman–Crippen MR) is 115 cm³/mol. The molecule has 1 saturated carbocycles. The van der Waals surface area contributed by atoms with Crippen molar-refractivity contribution >= 4 is 23.2 Å². The molecule has 0 heterocycles. The molecule has 0 aromatic heterocycles. The number of rotatable bonds is 4. The first-order chi connectivity index (χ1) is 15.5. The highest BCUT2D eigenvalue weighted by Crippen LogP contribution is 2.53. The number of aliphatic hydroxyl groups is 3. The first kappa shape index (κ1) is 22.8. The summed E-state index contributed by atoms with van der Waals surface area (Å²) in [6, 6.07) is 1.78. The molecule has 0 saturated heterocycles. The zero-order valence-corrected chi connectivity index (χ0v) is 18.5. The second-order valence-corrected chi connectivity index (χ2v) is 8.83. The van der Waals surface area contributed by atoms with E-state index < -0.39 is 58.0 Å². The molecule has 4 rings (SSSR count). The van der Waals surface area contributed by atoms with Crippen molar-refractivity contribution in [3.8, 4) is 11.5 Å². The number of nitrogens with zero attached hydrogens (tertiary/aromatic N) is 1. The summed E-state index contributed by atoms with van der Waals surface area (Å²) in [5.41, 5.74) is 2.15. The van der Waals surface area contributed by atoms with Crippen LogP contribution in [0.15, 0.2) is 29.0 Å². The topological polar surface area (TPSA) is 171 Å². The van der Waals surface area contributed by atoms with Crippen molar-refractivity contribution < 1.29 is 39.5 Å². The Bertz CT molecular complexity index is 1150. The van der Waals surface area contributed by atoms with Crippen LogP contribution in [0.5, 0.6) is 11.5 Å². The van der Waals surface area contributed by atoms with Gasteiger partial charge in [0.1, 0.15) is 28.6 Å². The quantitative estimate of drug-likeness (QED) is 0.400. The smallest absolute Gasteiger partial charge is 0.255 e. The van der Waals surface area contributed by atoms with E-state index >= 15 is 0 Å². The Kier molecular flexibility index (Phi) is 5.25. The minimum absolute atomic E-state index is 0.0113. The van der Waals surface area contributed by atoms with E-state index in [0.29, 0.717) is 17.9 Å². The van der Waals surface area contributed by atoms with Gasteiger partial charge in [0, 0.05) is 17.1 Å². The number of ether oxygens (including phenoxy) is 1. The molecule has 3 aliphatic rings. The largest absolute Gasteiger partial charge is 0.508 e. The second kappa shape index (κ2) is 7.60. The first-order valence-electron chi connectivity index (χ1n) is 10.6. The molecule has 4 unspecified atom stereocenters. The van der Waals surface area contributed by atoms with Crippen LogP contribution >= 0.6 is 0 Å². The lowest BCUT2D eigenvalue weighted by Crippen LogP contribution is -2.65. The number of amides is 1. The number of likely N-dealkylation sites (N-methyl/N-ethyl adjacent to an activating group) is 1. The van der Waals surface area contributed by atoms with Gasteiger partial charge in [0.25, 0.3) is 5.91 Å². The van der Waals surface area contributed by atoms with Crippen LogP contribution in [-0.2, 0) is 20.8 Å². The SMILES string of the molecule is CCOc1ccc(O)c2c1CC1CC3C(N(C)C)C(=O)C(C(N)=O)=C(O)C3(O)C(=O)C1=C2O. The van der Waals surface area contributed by atoms with Crippen LogP contribution in [0.4, 0.5) is 0 Å². The van der Waals surface area contributed by atoms with Crippen LogP contribution in [0.1, 0.15) is 24.5 Å². The number of aromatic hydroxyl groups is 1. The zero-order chi connectivity index (χ0) is 24.4. The molecule has 33 heavy (non-hydrogen) atoms. The summed E-state index contributed by atoms with van der Waals surface area (Å²) in [4.78, 5) is 40.1. The zero-order valence-electron chi connectivity index (χ0n) is 18.5. The molecule has 6 N–H and O–H groups in total. The van der Waals surface area contributed by atoms with Crippen molar-refractivity contribution in [2.45, 2.75) is 31.4 Å². The number of carbonyl (C=O) groups is 3. The van der Waals surface area contributed by atoms with Crippen molar-refractivity contribution in [3.63, 3.8) is 0 Å². The summed E-state index contributed by atoms with van der Waals surface area (Å²) < 4.78 is 5.63. The molecule has 176 valence electrons. The number of phenolic OH excluding ortho intramolecular Hbond substituents is 1. The molecule has 1 amide bonds. The summed E-state index contributed by atoms with van der Waals surface area (Å²) in [6.07, 6.45) is 0.227. The minimum Gasteiger partial charge on any atom is -0.508 e. The third kappa shape index (κ3) is 2.97. The Morgan fingerprint density at radius 1 is 1.24 bits per heavy atom. The molecule has 0 bridgehead atoms. The van der Waals surface area contributed by atoms with Gasteiger partial charge in [-0.05, 0) is 51.9 Å². The van der Waals surface area contributed by atoms with E-state index in [4.69, 9.17) is 10.5 Å². The fraction of sp³-hybridized carbons (Fsp3) is 0.435. The van der Waals surface area contributed by atoms with Crippen molar-refractivity contribution in [1.29, 1.82) is 0 Å².